The zero-order chi connectivity index (χ0) is 47.6. The number of aryl methyl sites for hydroxylation is 4. The Morgan fingerprint density at radius 1 is 0.559 bits per heavy atom. The quantitative estimate of drug-likeness (QED) is 0.127. The van der Waals surface area contributed by atoms with E-state index in [1.165, 1.54) is 33.4 Å². The summed E-state index contributed by atoms with van der Waals surface area (Å²) in [5.41, 5.74) is 11.8. The number of hydrogen-bond donors (Lipinski definition) is 2. The van der Waals surface area contributed by atoms with Crippen molar-refractivity contribution in [2.75, 3.05) is 26.2 Å². The number of aromatic nitrogens is 4. The summed E-state index contributed by atoms with van der Waals surface area (Å²) in [7, 11) is 0. The number of fused-ring (bicyclic) bond motifs is 4. The van der Waals surface area contributed by atoms with E-state index in [0.29, 0.717) is 24.7 Å². The standard InChI is InChI=1S/2C26H25Br2ClN3O2/c2*27-20-12-19-2-1-18-13-21(29)14-22(28)24(18)25(26(19)30-15-20)17-5-7-31(8-6-17)23(33)11-16-3-9-32(34)10-4-16/h2*3-4,9-10,12-15,17,25,34H,1-2,5-8,11H2/q2*+1/t25-;/m0./s1. The smallest absolute Gasteiger partial charge is 0.226 e. The molecule has 2 N–H and O–H groups in total. The summed E-state index contributed by atoms with van der Waals surface area (Å²) >= 11 is 27.7. The van der Waals surface area contributed by atoms with Gasteiger partial charge in [-0.3, -0.25) is 30.0 Å². The van der Waals surface area contributed by atoms with Gasteiger partial charge in [-0.1, -0.05) is 55.1 Å². The number of likely N-dealkylation sites (tertiary alicyclic amines) is 2. The van der Waals surface area contributed by atoms with Crippen LogP contribution in [0.15, 0.2) is 116 Å². The van der Waals surface area contributed by atoms with E-state index in [1.54, 1.807) is 49.1 Å². The number of pyridine rings is 4. The van der Waals surface area contributed by atoms with Crippen LogP contribution in [0.3, 0.4) is 0 Å². The van der Waals surface area contributed by atoms with E-state index in [4.69, 9.17) is 33.2 Å². The second-order valence-electron chi connectivity index (χ2n) is 18.2. The molecule has 0 spiro atoms. The van der Waals surface area contributed by atoms with Crippen molar-refractivity contribution in [3.8, 4) is 0 Å². The van der Waals surface area contributed by atoms with Gasteiger partial charge in [-0.15, -0.1) is 0 Å². The molecule has 2 aliphatic carbocycles. The Labute approximate surface area is 440 Å². The van der Waals surface area contributed by atoms with Gasteiger partial charge in [0.1, 0.15) is 0 Å². The van der Waals surface area contributed by atoms with E-state index in [2.05, 4.69) is 88.0 Å². The third-order valence-corrected chi connectivity index (χ3v) is 16.7. The molecule has 2 saturated heterocycles. The van der Waals surface area contributed by atoms with Crippen molar-refractivity contribution in [1.82, 2.24) is 19.8 Å². The van der Waals surface area contributed by atoms with Crippen LogP contribution in [0, 0.1) is 11.8 Å². The first kappa shape index (κ1) is 49.1. The number of carbonyl (C=O) groups is 2. The molecule has 10 rings (SSSR count). The largest absolute Gasteiger partial charge is 0.342 e. The second-order valence-corrected chi connectivity index (χ2v) is 22.6. The highest BCUT2D eigenvalue weighted by Crippen LogP contribution is 2.48. The molecule has 0 radical (unpaired) electrons. The minimum Gasteiger partial charge on any atom is -0.342 e. The van der Waals surface area contributed by atoms with Crippen LogP contribution in [-0.4, -0.2) is 68.2 Å². The normalized spacial score (nSPS) is 18.2. The van der Waals surface area contributed by atoms with Gasteiger partial charge >= 0.3 is 0 Å². The molecule has 2 aliphatic heterocycles. The monoisotopic (exact) mass is 1210 g/mol. The highest BCUT2D eigenvalue weighted by Gasteiger charge is 2.38. The predicted molar refractivity (Wildman–Crippen MR) is 274 cm³/mol. The topological polar surface area (TPSA) is 115 Å². The van der Waals surface area contributed by atoms with Crippen LogP contribution >= 0.6 is 86.9 Å². The SMILES string of the molecule is O=C(Cc1cc[n+](O)cc1)N1CCC(C2c3ncc(Br)cc3CCc3cc(Cl)cc(Br)c32)CC1.O=C(Cc1cc[n+](O)cc1)N1CCC([C@@H]2c3ncc(Br)cc3CCc3cc(Cl)cc(Br)c32)CC1. The maximum Gasteiger partial charge on any atom is 0.226 e. The van der Waals surface area contributed by atoms with Crippen molar-refractivity contribution in [3.63, 3.8) is 0 Å². The molecule has 352 valence electrons. The molecule has 68 heavy (non-hydrogen) atoms. The van der Waals surface area contributed by atoms with Gasteiger partial charge < -0.3 is 9.80 Å². The summed E-state index contributed by atoms with van der Waals surface area (Å²) in [6.07, 6.45) is 18.1. The summed E-state index contributed by atoms with van der Waals surface area (Å²) in [6.45, 7) is 2.94. The predicted octanol–water partition coefficient (Wildman–Crippen LogP) is 11.0. The Morgan fingerprint density at radius 3 is 1.28 bits per heavy atom. The molecule has 6 aromatic rings. The third kappa shape index (κ3) is 11.2. The van der Waals surface area contributed by atoms with E-state index in [1.807, 2.05) is 34.3 Å². The highest BCUT2D eigenvalue weighted by molar-refractivity contribution is 9.11. The fourth-order valence-electron chi connectivity index (χ4n) is 10.7. The molecule has 0 saturated carbocycles. The van der Waals surface area contributed by atoms with Crippen LogP contribution in [0.4, 0.5) is 0 Å². The van der Waals surface area contributed by atoms with Crippen molar-refractivity contribution in [2.45, 2.75) is 76.0 Å². The van der Waals surface area contributed by atoms with Crippen LogP contribution < -0.4 is 9.46 Å². The lowest BCUT2D eigenvalue weighted by Crippen LogP contribution is -2.41. The molecule has 1 unspecified atom stereocenters. The zero-order valence-electron chi connectivity index (χ0n) is 37.1. The molecule has 10 nitrogen and oxygen atoms in total. The van der Waals surface area contributed by atoms with Gasteiger partial charge in [0.25, 0.3) is 0 Å². The van der Waals surface area contributed by atoms with Crippen molar-refractivity contribution in [2.24, 2.45) is 11.8 Å². The summed E-state index contributed by atoms with van der Waals surface area (Å²) in [6, 6.07) is 19.7. The summed E-state index contributed by atoms with van der Waals surface area (Å²) in [5.74, 6) is 1.36. The molecule has 16 heteroatoms. The number of benzene rings is 2. The molecule has 2 amide bonds. The average Bonchev–Trinajstić information content (AvgIpc) is 3.58. The van der Waals surface area contributed by atoms with Crippen LogP contribution in [0.25, 0.3) is 0 Å². The molecular formula is C52H50Br4Cl2N6O4+2. The van der Waals surface area contributed by atoms with Gasteiger partial charge in [-0.25, -0.2) is 0 Å². The molecule has 6 heterocycles. The second kappa shape index (κ2) is 21.6. The first-order valence-electron chi connectivity index (χ1n) is 23.0. The number of hydrogen-bond acceptors (Lipinski definition) is 6. The number of carbonyl (C=O) groups excluding carboxylic acids is 2. The number of nitrogens with zero attached hydrogens (tertiary/aromatic N) is 6. The maximum absolute atomic E-state index is 12.9. The first-order valence-corrected chi connectivity index (χ1v) is 26.9. The van der Waals surface area contributed by atoms with Gasteiger partial charge in [0.05, 0.1) is 24.2 Å². The Kier molecular flexibility index (Phi) is 15.6. The fourth-order valence-corrected chi connectivity index (χ4v) is 13.7. The first-order chi connectivity index (χ1) is 32.8. The zero-order valence-corrected chi connectivity index (χ0v) is 45.0. The lowest BCUT2D eigenvalue weighted by molar-refractivity contribution is -0.904. The summed E-state index contributed by atoms with van der Waals surface area (Å²) in [5, 5.41) is 20.3. The molecule has 2 aromatic carbocycles. The van der Waals surface area contributed by atoms with Gasteiger partial charge in [0, 0.05) is 112 Å². The highest BCUT2D eigenvalue weighted by atomic mass is 79.9. The number of rotatable bonds is 6. The average molecular weight is 1210 g/mol. The fraction of sp³-hybridized carbons (Fsp3) is 0.346. The number of halogens is 6. The minimum atomic E-state index is 0.130. The number of amides is 2. The van der Waals surface area contributed by atoms with E-state index < -0.39 is 0 Å². The van der Waals surface area contributed by atoms with E-state index in [9.17, 15) is 20.0 Å². The van der Waals surface area contributed by atoms with Gasteiger partial charge in [0.15, 0.2) is 0 Å². The van der Waals surface area contributed by atoms with Crippen molar-refractivity contribution >= 4 is 98.7 Å². The third-order valence-electron chi connectivity index (χ3n) is 14.0. The van der Waals surface area contributed by atoms with Gasteiger partial charge in [-0.05, 0) is 176 Å². The van der Waals surface area contributed by atoms with Crippen molar-refractivity contribution < 1.29 is 29.5 Å². The molecular weight excluding hydrogens is 1160 g/mol. The van der Waals surface area contributed by atoms with Gasteiger partial charge in [0.2, 0.25) is 36.6 Å². The van der Waals surface area contributed by atoms with Crippen LogP contribution in [-0.2, 0) is 48.1 Å². The molecule has 2 atom stereocenters. The molecule has 0 bridgehead atoms. The lowest BCUT2D eigenvalue weighted by Gasteiger charge is -2.37. The van der Waals surface area contributed by atoms with Crippen LogP contribution in [0.1, 0.15) is 93.4 Å². The summed E-state index contributed by atoms with van der Waals surface area (Å²) in [4.78, 5) is 39.6. The van der Waals surface area contributed by atoms with Crippen LogP contribution in [0.2, 0.25) is 10.0 Å². The number of piperidine rings is 2. The van der Waals surface area contributed by atoms with Crippen molar-refractivity contribution in [1.29, 1.82) is 0 Å². The molecule has 4 aromatic heterocycles. The Morgan fingerprint density at radius 2 is 0.912 bits per heavy atom. The van der Waals surface area contributed by atoms with E-state index in [0.717, 1.165) is 137 Å². The summed E-state index contributed by atoms with van der Waals surface area (Å²) < 4.78 is 6.06. The lowest BCUT2D eigenvalue weighted by atomic mass is 9.76. The van der Waals surface area contributed by atoms with E-state index in [-0.39, 0.29) is 23.7 Å². The molecule has 2 fully saturated rings. The molecule has 4 aliphatic rings. The van der Waals surface area contributed by atoms with Crippen LogP contribution in [0.5, 0.6) is 0 Å². The maximum atomic E-state index is 12.9. The van der Waals surface area contributed by atoms with E-state index >= 15 is 0 Å². The van der Waals surface area contributed by atoms with Gasteiger partial charge in [-0.2, -0.15) is 0 Å². The Balaban J connectivity index is 0.000000170. The minimum absolute atomic E-state index is 0.130. The Hall–Kier alpha value is -3.92. The van der Waals surface area contributed by atoms with Crippen molar-refractivity contribution in [3.05, 3.63) is 182 Å². The Bertz CT molecular complexity index is 2650.